The Balaban J connectivity index is 2.11. The normalized spacial score (nSPS) is 19.9. The van der Waals surface area contributed by atoms with Crippen LogP contribution in [0.15, 0.2) is 18.5 Å². The average molecular weight is 232 g/mol. The van der Waals surface area contributed by atoms with E-state index in [1.165, 1.54) is 0 Å². The van der Waals surface area contributed by atoms with E-state index >= 15 is 0 Å². The summed E-state index contributed by atoms with van der Waals surface area (Å²) in [5.74, 6) is -0.526. The lowest BCUT2D eigenvalue weighted by Crippen LogP contribution is -2.14. The second-order valence-corrected chi connectivity index (χ2v) is 4.10. The van der Waals surface area contributed by atoms with Gasteiger partial charge in [-0.05, 0) is 12.5 Å². The molecule has 2 aromatic rings. The minimum absolute atomic E-state index is 0.232. The third-order valence-corrected chi connectivity index (χ3v) is 2.98. The zero-order valence-electron chi connectivity index (χ0n) is 9.17. The van der Waals surface area contributed by atoms with Crippen LogP contribution in [0.1, 0.15) is 23.0 Å². The summed E-state index contributed by atoms with van der Waals surface area (Å²) >= 11 is 0. The van der Waals surface area contributed by atoms with Gasteiger partial charge in [0.25, 0.3) is 5.91 Å². The number of ether oxygens (including phenoxy) is 1. The number of nitrogens with zero attached hydrogens (tertiary/aromatic N) is 3. The van der Waals surface area contributed by atoms with Crippen molar-refractivity contribution in [2.75, 3.05) is 13.2 Å². The molecule has 1 unspecified atom stereocenters. The monoisotopic (exact) mass is 232 g/mol. The van der Waals surface area contributed by atoms with E-state index in [0.717, 1.165) is 23.9 Å². The number of nitrogens with two attached hydrogens (primary N) is 1. The number of primary amides is 1. The van der Waals surface area contributed by atoms with Gasteiger partial charge < -0.3 is 10.5 Å². The minimum Gasteiger partial charge on any atom is -0.379 e. The van der Waals surface area contributed by atoms with Crippen LogP contribution in [0, 0.1) is 0 Å². The maximum Gasteiger partial charge on any atom is 0.267 e. The first-order valence-electron chi connectivity index (χ1n) is 5.46. The molecule has 1 amide bonds. The summed E-state index contributed by atoms with van der Waals surface area (Å²) in [6.07, 6.45) is 4.30. The van der Waals surface area contributed by atoms with Crippen molar-refractivity contribution in [2.45, 2.75) is 12.5 Å². The van der Waals surface area contributed by atoms with E-state index < -0.39 is 5.91 Å². The second kappa shape index (κ2) is 3.81. The molecule has 88 valence electrons. The maximum absolute atomic E-state index is 11.1. The van der Waals surface area contributed by atoms with Crippen molar-refractivity contribution in [1.82, 2.24) is 14.8 Å². The highest BCUT2D eigenvalue weighted by atomic mass is 16.5. The highest BCUT2D eigenvalue weighted by Gasteiger charge is 2.20. The van der Waals surface area contributed by atoms with E-state index in [2.05, 4.69) is 10.1 Å². The van der Waals surface area contributed by atoms with Crippen LogP contribution in [0.25, 0.3) is 10.9 Å². The SMILES string of the molecule is NC(=O)c1cc2c(cn1)cnn2C1CCOC1. The first-order chi connectivity index (χ1) is 8.25. The summed E-state index contributed by atoms with van der Waals surface area (Å²) in [6, 6.07) is 1.92. The van der Waals surface area contributed by atoms with Crippen molar-refractivity contribution in [1.29, 1.82) is 0 Å². The summed E-state index contributed by atoms with van der Waals surface area (Å²) in [6.45, 7) is 1.41. The van der Waals surface area contributed by atoms with E-state index in [0.29, 0.717) is 6.61 Å². The molecule has 2 N–H and O–H groups in total. The Hall–Kier alpha value is -1.95. The van der Waals surface area contributed by atoms with Crippen LogP contribution >= 0.6 is 0 Å². The van der Waals surface area contributed by atoms with Gasteiger partial charge in [-0.3, -0.25) is 14.5 Å². The quantitative estimate of drug-likeness (QED) is 0.816. The Morgan fingerprint density at radius 2 is 2.41 bits per heavy atom. The van der Waals surface area contributed by atoms with Gasteiger partial charge in [0.1, 0.15) is 5.69 Å². The summed E-state index contributed by atoms with van der Waals surface area (Å²) in [5.41, 5.74) is 6.36. The molecule has 0 aliphatic carbocycles. The summed E-state index contributed by atoms with van der Waals surface area (Å²) in [5, 5.41) is 5.23. The molecule has 1 fully saturated rings. The highest BCUT2D eigenvalue weighted by molar-refractivity contribution is 5.94. The standard InChI is InChI=1S/C11H12N4O2/c12-11(16)9-3-10-7(4-13-9)5-14-15(10)8-1-2-17-6-8/h3-5,8H,1-2,6H2,(H2,12,16). The fourth-order valence-corrected chi connectivity index (χ4v) is 2.08. The molecule has 6 heteroatoms. The Bertz CT molecular complexity index is 572. The number of fused-ring (bicyclic) bond motifs is 1. The molecule has 0 bridgehead atoms. The van der Waals surface area contributed by atoms with Gasteiger partial charge in [0.2, 0.25) is 0 Å². The fraction of sp³-hybridized carbons (Fsp3) is 0.364. The van der Waals surface area contributed by atoms with Gasteiger partial charge in [-0.1, -0.05) is 0 Å². The molecule has 0 aromatic carbocycles. The number of amides is 1. The second-order valence-electron chi connectivity index (χ2n) is 4.10. The van der Waals surface area contributed by atoms with Crippen molar-refractivity contribution in [3.63, 3.8) is 0 Å². The van der Waals surface area contributed by atoms with Gasteiger partial charge >= 0.3 is 0 Å². The number of hydrogen-bond acceptors (Lipinski definition) is 4. The molecule has 3 heterocycles. The maximum atomic E-state index is 11.1. The molecular weight excluding hydrogens is 220 g/mol. The lowest BCUT2D eigenvalue weighted by Gasteiger charge is -2.09. The van der Waals surface area contributed by atoms with Crippen LogP contribution in [0.2, 0.25) is 0 Å². The van der Waals surface area contributed by atoms with Gasteiger partial charge in [-0.15, -0.1) is 0 Å². The summed E-state index contributed by atoms with van der Waals surface area (Å²) in [4.78, 5) is 15.1. The Morgan fingerprint density at radius 1 is 1.53 bits per heavy atom. The number of carbonyl (C=O) groups excluding carboxylic acids is 1. The van der Waals surface area contributed by atoms with Crippen molar-refractivity contribution in [2.24, 2.45) is 5.73 Å². The molecule has 1 aliphatic heterocycles. The van der Waals surface area contributed by atoms with Gasteiger partial charge in [0.15, 0.2) is 0 Å². The molecular formula is C11H12N4O2. The first-order valence-corrected chi connectivity index (χ1v) is 5.46. The van der Waals surface area contributed by atoms with Crippen LogP contribution in [0.3, 0.4) is 0 Å². The van der Waals surface area contributed by atoms with Crippen molar-refractivity contribution >= 4 is 16.8 Å². The van der Waals surface area contributed by atoms with E-state index in [1.54, 1.807) is 18.5 Å². The minimum atomic E-state index is -0.526. The molecule has 0 saturated carbocycles. The van der Waals surface area contributed by atoms with Gasteiger partial charge in [-0.2, -0.15) is 5.10 Å². The van der Waals surface area contributed by atoms with Crippen LogP contribution in [-0.2, 0) is 4.74 Å². The Kier molecular flexibility index (Phi) is 2.29. The Labute approximate surface area is 97.4 Å². The number of hydrogen-bond donors (Lipinski definition) is 1. The van der Waals surface area contributed by atoms with Gasteiger partial charge in [0.05, 0.1) is 24.4 Å². The lowest BCUT2D eigenvalue weighted by atomic mass is 10.2. The largest absolute Gasteiger partial charge is 0.379 e. The third-order valence-electron chi connectivity index (χ3n) is 2.98. The number of aromatic nitrogens is 3. The number of carbonyl (C=O) groups is 1. The zero-order valence-corrected chi connectivity index (χ0v) is 9.17. The van der Waals surface area contributed by atoms with E-state index in [4.69, 9.17) is 10.5 Å². The van der Waals surface area contributed by atoms with Crippen LogP contribution in [0.5, 0.6) is 0 Å². The average Bonchev–Trinajstić information content (AvgIpc) is 2.96. The van der Waals surface area contributed by atoms with E-state index in [9.17, 15) is 4.79 Å². The van der Waals surface area contributed by atoms with Crippen molar-refractivity contribution < 1.29 is 9.53 Å². The smallest absolute Gasteiger partial charge is 0.267 e. The Morgan fingerprint density at radius 3 is 3.12 bits per heavy atom. The molecule has 6 nitrogen and oxygen atoms in total. The van der Waals surface area contributed by atoms with Crippen molar-refractivity contribution in [3.05, 3.63) is 24.2 Å². The highest BCUT2D eigenvalue weighted by Crippen LogP contribution is 2.23. The first kappa shape index (κ1) is 10.2. The molecule has 3 rings (SSSR count). The molecule has 1 aliphatic rings. The zero-order chi connectivity index (χ0) is 11.8. The molecule has 17 heavy (non-hydrogen) atoms. The number of pyridine rings is 1. The third kappa shape index (κ3) is 1.66. The molecule has 0 radical (unpaired) electrons. The molecule has 1 saturated heterocycles. The van der Waals surface area contributed by atoms with Crippen molar-refractivity contribution in [3.8, 4) is 0 Å². The predicted octanol–water partition coefficient (Wildman–Crippen LogP) is 0.492. The molecule has 1 atom stereocenters. The van der Waals surface area contributed by atoms with E-state index in [-0.39, 0.29) is 11.7 Å². The predicted molar refractivity (Wildman–Crippen MR) is 60.5 cm³/mol. The lowest BCUT2D eigenvalue weighted by molar-refractivity contribution is 0.0995. The van der Waals surface area contributed by atoms with Crippen LogP contribution in [-0.4, -0.2) is 33.9 Å². The summed E-state index contributed by atoms with van der Waals surface area (Å²) in [7, 11) is 0. The van der Waals surface area contributed by atoms with Gasteiger partial charge in [-0.25, -0.2) is 0 Å². The van der Waals surface area contributed by atoms with Crippen LogP contribution in [0.4, 0.5) is 0 Å². The fourth-order valence-electron chi connectivity index (χ4n) is 2.08. The van der Waals surface area contributed by atoms with Gasteiger partial charge in [0, 0.05) is 18.2 Å². The molecule has 2 aromatic heterocycles. The number of rotatable bonds is 2. The van der Waals surface area contributed by atoms with Crippen LogP contribution < -0.4 is 5.73 Å². The summed E-state index contributed by atoms with van der Waals surface area (Å²) < 4.78 is 7.22. The van der Waals surface area contributed by atoms with E-state index in [1.807, 2.05) is 4.68 Å². The molecule has 0 spiro atoms. The topological polar surface area (TPSA) is 83.0 Å².